The van der Waals surface area contributed by atoms with E-state index in [-0.39, 0.29) is 15.0 Å². The van der Waals surface area contributed by atoms with Crippen molar-refractivity contribution in [1.29, 1.82) is 0 Å². The van der Waals surface area contributed by atoms with Crippen LogP contribution in [0.15, 0.2) is 0 Å². The molecule has 0 heterocycles. The first kappa shape index (κ1) is 16.1. The van der Waals surface area contributed by atoms with Crippen molar-refractivity contribution in [3.63, 3.8) is 0 Å². The monoisotopic (exact) mass is 404 g/mol. The molecule has 3 aliphatic carbocycles. The van der Waals surface area contributed by atoms with Gasteiger partial charge >= 0.3 is 5.97 Å². The molecule has 0 aromatic heterocycles. The topological polar surface area (TPSA) is 26.3 Å². The average Bonchev–Trinajstić information content (AvgIpc) is 3.11. The van der Waals surface area contributed by atoms with Crippen molar-refractivity contribution in [2.24, 2.45) is 17.8 Å². The first-order valence-corrected chi connectivity index (χ1v) is 9.97. The van der Waals surface area contributed by atoms with E-state index in [2.05, 4.69) is 29.5 Å². The predicted octanol–water partition coefficient (Wildman–Crippen LogP) is 5.27. The van der Waals surface area contributed by atoms with Crippen LogP contribution in [0.4, 0.5) is 0 Å². The predicted molar refractivity (Wildman–Crippen MR) is 93.6 cm³/mol. The molecule has 120 valence electrons. The number of ether oxygens (including phenoxy) is 1. The van der Waals surface area contributed by atoms with E-state index >= 15 is 0 Å². The first-order chi connectivity index (χ1) is 9.97. The van der Waals surface area contributed by atoms with E-state index in [4.69, 9.17) is 4.74 Å². The molecule has 3 heteroatoms. The quantitative estimate of drug-likeness (QED) is 0.362. The van der Waals surface area contributed by atoms with Crippen LogP contribution >= 0.6 is 22.6 Å². The zero-order chi connectivity index (χ0) is 15.1. The Kier molecular flexibility index (Phi) is 4.60. The normalized spacial score (nSPS) is 37.2. The van der Waals surface area contributed by atoms with E-state index in [1.807, 2.05) is 6.92 Å². The summed E-state index contributed by atoms with van der Waals surface area (Å²) in [6.45, 7) is 4.10. The molecule has 0 saturated heterocycles. The van der Waals surface area contributed by atoms with E-state index in [0.717, 1.165) is 31.1 Å². The molecule has 3 saturated carbocycles. The third-order valence-electron chi connectivity index (χ3n) is 6.50. The van der Waals surface area contributed by atoms with Gasteiger partial charge in [-0.15, -0.1) is 0 Å². The summed E-state index contributed by atoms with van der Waals surface area (Å²) in [6.07, 6.45) is 12.4. The van der Waals surface area contributed by atoms with Crippen LogP contribution in [0.1, 0.15) is 78.1 Å². The number of fused-ring (bicyclic) bond motifs is 2. The third kappa shape index (κ3) is 3.00. The molecule has 3 rings (SSSR count). The zero-order valence-corrected chi connectivity index (χ0v) is 15.7. The summed E-state index contributed by atoms with van der Waals surface area (Å²) in [4.78, 5) is 12.7. The summed E-state index contributed by atoms with van der Waals surface area (Å²) < 4.78 is 5.96. The molecule has 0 aromatic carbocycles. The van der Waals surface area contributed by atoms with Crippen LogP contribution < -0.4 is 0 Å². The Labute approximate surface area is 142 Å². The summed E-state index contributed by atoms with van der Waals surface area (Å²) >= 11 is 2.28. The van der Waals surface area contributed by atoms with Gasteiger partial charge in [0.1, 0.15) is 9.02 Å². The van der Waals surface area contributed by atoms with Gasteiger partial charge < -0.3 is 4.74 Å². The lowest BCUT2D eigenvalue weighted by Crippen LogP contribution is -2.49. The smallest absolute Gasteiger partial charge is 0.322 e. The van der Waals surface area contributed by atoms with E-state index in [1.54, 1.807) is 0 Å². The Morgan fingerprint density at radius 3 is 2.48 bits per heavy atom. The lowest BCUT2D eigenvalue weighted by Gasteiger charge is -2.46. The largest absolute Gasteiger partial charge is 0.458 e. The summed E-state index contributed by atoms with van der Waals surface area (Å²) in [5.41, 5.74) is -0.114. The number of esters is 1. The van der Waals surface area contributed by atoms with Crippen molar-refractivity contribution in [2.75, 3.05) is 0 Å². The standard InChI is InChI=1S/C18H29IO2/c1-3-17(2,19)16(20)21-18(9-5-4-6-10-18)15-12-13-7-8-14(15)11-13/h13-15H,3-12H2,1-2H3. The summed E-state index contributed by atoms with van der Waals surface area (Å²) in [5, 5.41) is 0. The van der Waals surface area contributed by atoms with E-state index in [9.17, 15) is 4.79 Å². The SMILES string of the molecule is CCC(C)(I)C(=O)OC1(C2CC3CCC2C3)CCCCC1. The fraction of sp³-hybridized carbons (Fsp3) is 0.944. The molecule has 0 aliphatic heterocycles. The summed E-state index contributed by atoms with van der Waals surface area (Å²) in [7, 11) is 0. The van der Waals surface area contributed by atoms with Gasteiger partial charge in [0.2, 0.25) is 0 Å². The molecule has 0 N–H and O–H groups in total. The number of carbonyl (C=O) groups is 1. The molecule has 3 fully saturated rings. The molecule has 4 unspecified atom stereocenters. The van der Waals surface area contributed by atoms with Crippen molar-refractivity contribution in [2.45, 2.75) is 87.1 Å². The molecule has 0 spiro atoms. The lowest BCUT2D eigenvalue weighted by atomic mass is 9.69. The van der Waals surface area contributed by atoms with Crippen LogP contribution in [-0.2, 0) is 9.53 Å². The Balaban J connectivity index is 1.79. The highest BCUT2D eigenvalue weighted by atomic mass is 127. The second-order valence-electron chi connectivity index (χ2n) is 7.85. The van der Waals surface area contributed by atoms with Crippen LogP contribution in [0.3, 0.4) is 0 Å². The molecule has 0 aromatic rings. The van der Waals surface area contributed by atoms with Crippen LogP contribution in [0.25, 0.3) is 0 Å². The van der Waals surface area contributed by atoms with E-state index in [0.29, 0.717) is 5.92 Å². The number of alkyl halides is 1. The maximum Gasteiger partial charge on any atom is 0.322 e. The number of halogens is 1. The van der Waals surface area contributed by atoms with Crippen molar-refractivity contribution >= 4 is 28.6 Å². The van der Waals surface area contributed by atoms with Gasteiger partial charge in [0.05, 0.1) is 0 Å². The maximum atomic E-state index is 12.7. The molecule has 0 radical (unpaired) electrons. The molecular weight excluding hydrogens is 375 g/mol. The van der Waals surface area contributed by atoms with Gasteiger partial charge in [-0.1, -0.05) is 42.4 Å². The van der Waals surface area contributed by atoms with Crippen molar-refractivity contribution < 1.29 is 9.53 Å². The van der Waals surface area contributed by atoms with Gasteiger partial charge in [0.25, 0.3) is 0 Å². The molecule has 3 aliphatic rings. The van der Waals surface area contributed by atoms with Crippen molar-refractivity contribution in [1.82, 2.24) is 0 Å². The maximum absolute atomic E-state index is 12.7. The molecule has 4 atom stereocenters. The fourth-order valence-corrected chi connectivity index (χ4v) is 5.13. The van der Waals surface area contributed by atoms with Gasteiger partial charge in [-0.05, 0) is 70.1 Å². The minimum absolute atomic E-state index is 0.0373. The van der Waals surface area contributed by atoms with Gasteiger partial charge in [-0.25, -0.2) is 0 Å². The highest BCUT2D eigenvalue weighted by Crippen LogP contribution is 2.56. The van der Waals surface area contributed by atoms with Crippen molar-refractivity contribution in [3.8, 4) is 0 Å². The highest BCUT2D eigenvalue weighted by Gasteiger charge is 2.53. The average molecular weight is 404 g/mol. The Hall–Kier alpha value is 0.200. The number of rotatable bonds is 4. The Bertz CT molecular complexity index is 398. The number of hydrogen-bond donors (Lipinski definition) is 0. The van der Waals surface area contributed by atoms with Crippen molar-refractivity contribution in [3.05, 3.63) is 0 Å². The Morgan fingerprint density at radius 2 is 1.95 bits per heavy atom. The fourth-order valence-electron chi connectivity index (χ4n) is 5.02. The number of hydrogen-bond acceptors (Lipinski definition) is 2. The van der Waals surface area contributed by atoms with Gasteiger partial charge in [-0.2, -0.15) is 0 Å². The first-order valence-electron chi connectivity index (χ1n) is 8.89. The minimum atomic E-state index is -0.361. The summed E-state index contributed by atoms with van der Waals surface area (Å²) in [6, 6.07) is 0. The second-order valence-corrected chi connectivity index (χ2v) is 10.2. The molecule has 0 amide bonds. The molecular formula is C18H29IO2. The second kappa shape index (κ2) is 6.01. The van der Waals surface area contributed by atoms with Crippen LogP contribution in [-0.4, -0.2) is 15.0 Å². The minimum Gasteiger partial charge on any atom is -0.458 e. The van der Waals surface area contributed by atoms with Crippen LogP contribution in [0, 0.1) is 17.8 Å². The Morgan fingerprint density at radius 1 is 1.24 bits per heavy atom. The van der Waals surface area contributed by atoms with Gasteiger partial charge in [-0.3, -0.25) is 4.79 Å². The summed E-state index contributed by atoms with van der Waals surface area (Å²) in [5.74, 6) is 2.46. The van der Waals surface area contributed by atoms with E-state index in [1.165, 1.54) is 44.9 Å². The van der Waals surface area contributed by atoms with Gasteiger partial charge in [0.15, 0.2) is 0 Å². The third-order valence-corrected chi connectivity index (χ3v) is 7.70. The highest BCUT2D eigenvalue weighted by molar-refractivity contribution is 14.1. The molecule has 2 bridgehead atoms. The zero-order valence-electron chi connectivity index (χ0n) is 13.5. The lowest BCUT2D eigenvalue weighted by molar-refractivity contribution is -0.176. The van der Waals surface area contributed by atoms with E-state index < -0.39 is 0 Å². The molecule has 21 heavy (non-hydrogen) atoms. The van der Waals surface area contributed by atoms with Crippen LogP contribution in [0.5, 0.6) is 0 Å². The van der Waals surface area contributed by atoms with Crippen LogP contribution in [0.2, 0.25) is 0 Å². The molecule has 2 nitrogen and oxygen atoms in total. The number of carbonyl (C=O) groups excluding carboxylic acids is 1. The van der Waals surface area contributed by atoms with Gasteiger partial charge in [0, 0.05) is 5.92 Å².